The Morgan fingerprint density at radius 1 is 1.33 bits per heavy atom. The fraction of sp³-hybridized carbons (Fsp3) is 0.125. The minimum absolute atomic E-state index is 0.0317. The topological polar surface area (TPSA) is 85.2 Å². The molecule has 0 atom stereocenters. The Morgan fingerprint density at radius 3 is 2.60 bits per heavy atom. The van der Waals surface area contributed by atoms with Crippen LogP contribution in [-0.4, -0.2) is 30.4 Å². The molecule has 1 aromatic rings. The van der Waals surface area contributed by atoms with Crippen LogP contribution in [0.3, 0.4) is 0 Å². The SMILES string of the molecule is O=Cc1cc2c(cc1OB(O)O)OCO2. The van der Waals surface area contributed by atoms with E-state index in [0.717, 1.165) is 0 Å². The smallest absolute Gasteiger partial charge is 0.511 e. The molecule has 6 nitrogen and oxygen atoms in total. The van der Waals surface area contributed by atoms with Crippen molar-refractivity contribution in [2.75, 3.05) is 6.79 Å². The molecule has 78 valence electrons. The number of benzene rings is 1. The standard InChI is InChI=1S/C8H7BO6/c10-3-5-1-7-8(14-4-13-7)2-6(5)15-9(11)12/h1-3,11-12H,4H2. The monoisotopic (exact) mass is 210 g/mol. The molecule has 1 aromatic carbocycles. The van der Waals surface area contributed by atoms with Gasteiger partial charge in [-0.05, 0) is 6.07 Å². The molecule has 1 aliphatic heterocycles. The van der Waals surface area contributed by atoms with Crippen molar-refractivity contribution in [1.29, 1.82) is 0 Å². The van der Waals surface area contributed by atoms with Crippen molar-refractivity contribution in [1.82, 2.24) is 0 Å². The third-order valence-electron chi connectivity index (χ3n) is 1.86. The molecule has 1 heterocycles. The van der Waals surface area contributed by atoms with Gasteiger partial charge in [0.1, 0.15) is 5.75 Å². The van der Waals surface area contributed by atoms with Gasteiger partial charge in [-0.1, -0.05) is 0 Å². The van der Waals surface area contributed by atoms with Gasteiger partial charge in [0, 0.05) is 6.07 Å². The fourth-order valence-corrected chi connectivity index (χ4v) is 1.25. The lowest BCUT2D eigenvalue weighted by Gasteiger charge is -2.08. The summed E-state index contributed by atoms with van der Waals surface area (Å²) < 4.78 is 14.7. The van der Waals surface area contributed by atoms with Crippen LogP contribution in [0.4, 0.5) is 0 Å². The Balaban J connectivity index is 2.39. The van der Waals surface area contributed by atoms with E-state index in [-0.39, 0.29) is 18.1 Å². The second-order valence-corrected chi connectivity index (χ2v) is 2.81. The van der Waals surface area contributed by atoms with Crippen molar-refractivity contribution in [3.8, 4) is 17.2 Å². The molecule has 0 saturated carbocycles. The molecule has 0 radical (unpaired) electrons. The zero-order chi connectivity index (χ0) is 10.8. The first-order valence-electron chi connectivity index (χ1n) is 4.12. The highest BCUT2D eigenvalue weighted by Gasteiger charge is 2.20. The molecular weight excluding hydrogens is 203 g/mol. The average molecular weight is 210 g/mol. The number of rotatable bonds is 3. The highest BCUT2D eigenvalue weighted by molar-refractivity contribution is 6.34. The molecule has 0 spiro atoms. The van der Waals surface area contributed by atoms with Gasteiger partial charge in [-0.3, -0.25) is 4.79 Å². The van der Waals surface area contributed by atoms with E-state index in [4.69, 9.17) is 19.5 Å². The molecule has 0 bridgehead atoms. The normalized spacial score (nSPS) is 12.4. The van der Waals surface area contributed by atoms with Crippen LogP contribution in [0.15, 0.2) is 12.1 Å². The largest absolute Gasteiger partial charge is 0.707 e. The Kier molecular flexibility index (Phi) is 2.48. The molecule has 0 amide bonds. The molecular formula is C8H7BO6. The molecule has 0 saturated heterocycles. The Labute approximate surface area is 85.2 Å². The number of hydrogen-bond acceptors (Lipinski definition) is 6. The zero-order valence-corrected chi connectivity index (χ0v) is 7.54. The molecule has 0 aromatic heterocycles. The highest BCUT2D eigenvalue weighted by atomic mass is 16.7. The van der Waals surface area contributed by atoms with E-state index in [1.165, 1.54) is 12.1 Å². The lowest BCUT2D eigenvalue weighted by molar-refractivity contribution is 0.112. The van der Waals surface area contributed by atoms with Crippen molar-refractivity contribution in [2.24, 2.45) is 0 Å². The summed E-state index contributed by atoms with van der Waals surface area (Å²) in [7, 11) is -1.98. The van der Waals surface area contributed by atoms with Crippen molar-refractivity contribution in [3.05, 3.63) is 17.7 Å². The van der Waals surface area contributed by atoms with Crippen molar-refractivity contribution < 1.29 is 29.0 Å². The molecule has 0 unspecified atom stereocenters. The quantitative estimate of drug-likeness (QED) is 0.520. The van der Waals surface area contributed by atoms with E-state index in [2.05, 4.69) is 4.65 Å². The summed E-state index contributed by atoms with van der Waals surface area (Å²) in [5.74, 6) is 0.859. The van der Waals surface area contributed by atoms with Crippen LogP contribution in [0.2, 0.25) is 0 Å². The number of carbonyl (C=O) groups excluding carboxylic acids is 1. The first kappa shape index (κ1) is 9.82. The lowest BCUT2D eigenvalue weighted by Crippen LogP contribution is -2.21. The second kappa shape index (κ2) is 3.80. The number of carbonyl (C=O) groups is 1. The van der Waals surface area contributed by atoms with Crippen LogP contribution >= 0.6 is 0 Å². The van der Waals surface area contributed by atoms with Gasteiger partial charge in [0.15, 0.2) is 17.8 Å². The molecule has 0 fully saturated rings. The Morgan fingerprint density at radius 2 is 2.00 bits per heavy atom. The van der Waals surface area contributed by atoms with Gasteiger partial charge in [0.2, 0.25) is 6.79 Å². The highest BCUT2D eigenvalue weighted by Crippen LogP contribution is 2.37. The van der Waals surface area contributed by atoms with Crippen molar-refractivity contribution >= 4 is 13.6 Å². The van der Waals surface area contributed by atoms with Crippen LogP contribution in [0, 0.1) is 0 Å². The predicted molar refractivity (Wildman–Crippen MR) is 48.8 cm³/mol. The minimum Gasteiger partial charge on any atom is -0.511 e. The maximum atomic E-state index is 10.7. The summed E-state index contributed by atoms with van der Waals surface area (Å²) >= 11 is 0. The summed E-state index contributed by atoms with van der Waals surface area (Å²) in [5.41, 5.74) is 0.160. The summed E-state index contributed by atoms with van der Waals surface area (Å²) in [6.07, 6.45) is 0.527. The van der Waals surface area contributed by atoms with Crippen molar-refractivity contribution in [2.45, 2.75) is 0 Å². The van der Waals surface area contributed by atoms with Gasteiger partial charge < -0.3 is 24.2 Å². The molecule has 15 heavy (non-hydrogen) atoms. The van der Waals surface area contributed by atoms with E-state index < -0.39 is 7.32 Å². The van der Waals surface area contributed by atoms with Crippen LogP contribution < -0.4 is 14.1 Å². The molecule has 2 rings (SSSR count). The third-order valence-corrected chi connectivity index (χ3v) is 1.86. The van der Waals surface area contributed by atoms with Gasteiger partial charge in [-0.25, -0.2) is 0 Å². The third kappa shape index (κ3) is 1.88. The summed E-state index contributed by atoms with van der Waals surface area (Å²) in [4.78, 5) is 10.7. The second-order valence-electron chi connectivity index (χ2n) is 2.81. The first-order chi connectivity index (χ1) is 7.20. The van der Waals surface area contributed by atoms with Crippen LogP contribution in [0.1, 0.15) is 10.4 Å². The number of hydrogen-bond donors (Lipinski definition) is 2. The maximum absolute atomic E-state index is 10.7. The first-order valence-corrected chi connectivity index (χ1v) is 4.12. The van der Waals surface area contributed by atoms with E-state index >= 15 is 0 Å². The van der Waals surface area contributed by atoms with Gasteiger partial charge in [-0.15, -0.1) is 0 Å². The molecule has 0 aliphatic carbocycles. The van der Waals surface area contributed by atoms with Crippen LogP contribution in [0.25, 0.3) is 0 Å². The van der Waals surface area contributed by atoms with Crippen LogP contribution in [0.5, 0.6) is 17.2 Å². The summed E-state index contributed by atoms with van der Waals surface area (Å²) in [6.45, 7) is 0.0682. The molecule has 2 N–H and O–H groups in total. The molecule has 1 aliphatic rings. The lowest BCUT2D eigenvalue weighted by atomic mass is 10.1. The number of aldehydes is 1. The van der Waals surface area contributed by atoms with Crippen LogP contribution in [-0.2, 0) is 0 Å². The van der Waals surface area contributed by atoms with Gasteiger partial charge in [-0.2, -0.15) is 0 Å². The summed E-state index contributed by atoms with van der Waals surface area (Å²) in [5, 5.41) is 17.2. The summed E-state index contributed by atoms with van der Waals surface area (Å²) in [6, 6.07) is 2.78. The van der Waals surface area contributed by atoms with E-state index in [0.29, 0.717) is 17.8 Å². The van der Waals surface area contributed by atoms with Gasteiger partial charge in [0.25, 0.3) is 0 Å². The van der Waals surface area contributed by atoms with E-state index in [1.807, 2.05) is 0 Å². The van der Waals surface area contributed by atoms with Gasteiger partial charge >= 0.3 is 7.32 Å². The maximum Gasteiger partial charge on any atom is 0.707 e. The number of fused-ring (bicyclic) bond motifs is 1. The van der Waals surface area contributed by atoms with E-state index in [9.17, 15) is 4.79 Å². The zero-order valence-electron chi connectivity index (χ0n) is 7.54. The minimum atomic E-state index is -1.98. The average Bonchev–Trinajstić information content (AvgIpc) is 2.62. The van der Waals surface area contributed by atoms with Crippen molar-refractivity contribution in [3.63, 3.8) is 0 Å². The predicted octanol–water partition coefficient (Wildman–Crippen LogP) is -0.424. The van der Waals surface area contributed by atoms with E-state index in [1.54, 1.807) is 0 Å². The fourth-order valence-electron chi connectivity index (χ4n) is 1.25. The van der Waals surface area contributed by atoms with Gasteiger partial charge in [0.05, 0.1) is 5.56 Å². The Bertz CT molecular complexity index is 391. The Hall–Kier alpha value is -1.73. The molecule has 7 heteroatoms. The number of ether oxygens (including phenoxy) is 2.